The van der Waals surface area contributed by atoms with E-state index in [1.54, 1.807) is 60.7 Å². The van der Waals surface area contributed by atoms with Crippen molar-refractivity contribution in [1.82, 2.24) is 9.97 Å². The first kappa shape index (κ1) is 19.8. The number of anilines is 2. The Labute approximate surface area is 193 Å². The van der Waals surface area contributed by atoms with Crippen LogP contribution >= 0.6 is 0 Å². The molecule has 0 bridgehead atoms. The molecule has 0 aliphatic carbocycles. The second-order valence-corrected chi connectivity index (χ2v) is 7.98. The van der Waals surface area contributed by atoms with E-state index in [0.29, 0.717) is 56.5 Å². The van der Waals surface area contributed by atoms with Crippen LogP contribution < -0.4 is 11.5 Å². The van der Waals surface area contributed by atoms with Gasteiger partial charge in [0, 0.05) is 33.6 Å². The van der Waals surface area contributed by atoms with Crippen LogP contribution in [0.2, 0.25) is 0 Å². The van der Waals surface area contributed by atoms with Crippen LogP contribution in [0.4, 0.5) is 11.4 Å². The highest BCUT2D eigenvalue weighted by molar-refractivity contribution is 6.09. The van der Waals surface area contributed by atoms with Gasteiger partial charge >= 0.3 is 0 Å². The van der Waals surface area contributed by atoms with E-state index < -0.39 is 0 Å². The lowest BCUT2D eigenvalue weighted by molar-refractivity contribution is 0.103. The predicted octanol–water partition coefficient (Wildman–Crippen LogP) is 5.70. The summed E-state index contributed by atoms with van der Waals surface area (Å²) in [6.07, 6.45) is 0. The molecule has 0 aliphatic heterocycles. The highest BCUT2D eigenvalue weighted by atomic mass is 16.4. The number of nitrogens with zero attached hydrogens (tertiary/aromatic N) is 2. The van der Waals surface area contributed by atoms with Gasteiger partial charge in [-0.3, -0.25) is 4.79 Å². The number of carbonyl (C=O) groups excluding carboxylic acids is 1. The molecule has 2 aromatic heterocycles. The first-order chi connectivity index (χ1) is 16.5. The van der Waals surface area contributed by atoms with Gasteiger partial charge in [0.25, 0.3) is 0 Å². The van der Waals surface area contributed by atoms with Gasteiger partial charge in [-0.15, -0.1) is 0 Å². The van der Waals surface area contributed by atoms with E-state index in [2.05, 4.69) is 9.97 Å². The van der Waals surface area contributed by atoms with Gasteiger partial charge in [-0.25, -0.2) is 9.97 Å². The quantitative estimate of drug-likeness (QED) is 0.263. The molecule has 6 rings (SSSR count). The first-order valence-electron chi connectivity index (χ1n) is 10.6. The number of hydrogen-bond acceptors (Lipinski definition) is 7. The molecule has 4 N–H and O–H groups in total. The second kappa shape index (κ2) is 7.60. The van der Waals surface area contributed by atoms with Crippen LogP contribution in [0, 0.1) is 0 Å². The van der Waals surface area contributed by atoms with Crippen molar-refractivity contribution in [3.05, 3.63) is 96.1 Å². The van der Waals surface area contributed by atoms with Crippen molar-refractivity contribution in [2.24, 2.45) is 0 Å². The van der Waals surface area contributed by atoms with Crippen LogP contribution in [0.15, 0.2) is 93.8 Å². The van der Waals surface area contributed by atoms with Crippen molar-refractivity contribution in [1.29, 1.82) is 0 Å². The Kier molecular flexibility index (Phi) is 4.41. The average Bonchev–Trinajstić information content (AvgIpc) is 3.47. The minimum absolute atomic E-state index is 0.0891. The first-order valence-corrected chi connectivity index (χ1v) is 10.6. The monoisotopic (exact) mass is 446 g/mol. The number of rotatable bonds is 4. The van der Waals surface area contributed by atoms with Gasteiger partial charge in [0.1, 0.15) is 11.0 Å². The molecule has 0 fully saturated rings. The van der Waals surface area contributed by atoms with E-state index in [0.717, 1.165) is 11.1 Å². The molecule has 0 unspecified atom stereocenters. The Bertz CT molecular complexity index is 1550. The van der Waals surface area contributed by atoms with Crippen LogP contribution in [-0.2, 0) is 0 Å². The van der Waals surface area contributed by atoms with E-state index >= 15 is 0 Å². The number of hydrogen-bond donors (Lipinski definition) is 2. The third-order valence-corrected chi connectivity index (χ3v) is 5.61. The summed E-state index contributed by atoms with van der Waals surface area (Å²) in [5, 5.41) is 0. The van der Waals surface area contributed by atoms with Crippen molar-refractivity contribution >= 4 is 39.4 Å². The topological polar surface area (TPSA) is 121 Å². The number of benzene rings is 4. The van der Waals surface area contributed by atoms with E-state index in [1.165, 1.54) is 0 Å². The van der Waals surface area contributed by atoms with E-state index in [1.807, 2.05) is 24.3 Å². The number of nitrogens with two attached hydrogens (primary N) is 2. The van der Waals surface area contributed by atoms with Crippen molar-refractivity contribution < 1.29 is 13.6 Å². The molecule has 2 heterocycles. The maximum Gasteiger partial charge on any atom is 0.227 e. The predicted molar refractivity (Wildman–Crippen MR) is 131 cm³/mol. The Balaban J connectivity index is 1.24. The third-order valence-electron chi connectivity index (χ3n) is 5.61. The maximum atomic E-state index is 13.0. The molecule has 0 atom stereocenters. The van der Waals surface area contributed by atoms with E-state index in [-0.39, 0.29) is 5.78 Å². The SMILES string of the molecule is Nc1ccc2oc(-c3ccc(C(=O)c4ccc(-c5nc6cc(N)ccc6o5)cc4)cc3)nc2c1. The summed E-state index contributed by atoms with van der Waals surface area (Å²) in [5.74, 6) is 0.863. The molecule has 0 saturated heterocycles. The fourth-order valence-corrected chi connectivity index (χ4v) is 3.83. The highest BCUT2D eigenvalue weighted by Crippen LogP contribution is 2.28. The number of nitrogen functional groups attached to an aromatic ring is 2. The number of fused-ring (bicyclic) bond motifs is 2. The largest absolute Gasteiger partial charge is 0.436 e. The van der Waals surface area contributed by atoms with Gasteiger partial charge in [0.15, 0.2) is 16.9 Å². The molecule has 0 amide bonds. The molecular formula is C27H18N4O3. The summed E-state index contributed by atoms with van der Waals surface area (Å²) in [4.78, 5) is 22.0. The summed E-state index contributed by atoms with van der Waals surface area (Å²) in [7, 11) is 0. The maximum absolute atomic E-state index is 13.0. The molecule has 34 heavy (non-hydrogen) atoms. The van der Waals surface area contributed by atoms with Crippen LogP contribution in [0.25, 0.3) is 45.1 Å². The smallest absolute Gasteiger partial charge is 0.227 e. The van der Waals surface area contributed by atoms with Crippen molar-refractivity contribution in [3.8, 4) is 22.9 Å². The zero-order valence-electron chi connectivity index (χ0n) is 17.9. The number of ketones is 1. The molecule has 164 valence electrons. The normalized spacial score (nSPS) is 11.3. The summed E-state index contributed by atoms with van der Waals surface area (Å²) in [6.45, 7) is 0. The molecular weight excluding hydrogens is 428 g/mol. The number of oxazole rings is 2. The van der Waals surface area contributed by atoms with Crippen molar-refractivity contribution in [2.45, 2.75) is 0 Å². The van der Waals surface area contributed by atoms with E-state index in [4.69, 9.17) is 20.3 Å². The van der Waals surface area contributed by atoms with Gasteiger partial charge in [-0.2, -0.15) is 0 Å². The van der Waals surface area contributed by atoms with Crippen LogP contribution in [-0.4, -0.2) is 15.8 Å². The van der Waals surface area contributed by atoms with Gasteiger partial charge in [0.2, 0.25) is 11.8 Å². The summed E-state index contributed by atoms with van der Waals surface area (Å²) < 4.78 is 11.6. The highest BCUT2D eigenvalue weighted by Gasteiger charge is 2.14. The molecule has 0 spiro atoms. The van der Waals surface area contributed by atoms with Crippen molar-refractivity contribution in [2.75, 3.05) is 11.5 Å². The standard InChI is InChI=1S/C27H18N4O3/c28-19-9-11-23-21(13-19)30-26(33-23)17-5-1-15(2-6-17)25(32)16-3-7-18(8-4-16)27-31-22-14-20(29)10-12-24(22)34-27/h1-14H,28-29H2. The van der Waals surface area contributed by atoms with E-state index in [9.17, 15) is 4.79 Å². The van der Waals surface area contributed by atoms with Gasteiger partial charge in [0.05, 0.1) is 0 Å². The fraction of sp³-hybridized carbons (Fsp3) is 0. The molecule has 7 heteroatoms. The molecule has 0 aliphatic rings. The molecule has 7 nitrogen and oxygen atoms in total. The Hall–Kier alpha value is -4.91. The van der Waals surface area contributed by atoms with Crippen LogP contribution in [0.1, 0.15) is 15.9 Å². The summed E-state index contributed by atoms with van der Waals surface area (Å²) in [5.41, 5.74) is 18.3. The summed E-state index contributed by atoms with van der Waals surface area (Å²) in [6, 6.07) is 25.0. The zero-order valence-corrected chi connectivity index (χ0v) is 17.9. The number of carbonyl (C=O) groups is 1. The lowest BCUT2D eigenvalue weighted by Crippen LogP contribution is -2.01. The zero-order chi connectivity index (χ0) is 23.2. The van der Waals surface area contributed by atoms with Crippen molar-refractivity contribution in [3.63, 3.8) is 0 Å². The summed E-state index contributed by atoms with van der Waals surface area (Å²) >= 11 is 0. The third kappa shape index (κ3) is 3.45. The minimum atomic E-state index is -0.0891. The van der Waals surface area contributed by atoms with Crippen LogP contribution in [0.5, 0.6) is 0 Å². The molecule has 0 radical (unpaired) electrons. The minimum Gasteiger partial charge on any atom is -0.436 e. The fourth-order valence-electron chi connectivity index (χ4n) is 3.83. The lowest BCUT2D eigenvalue weighted by atomic mass is 10.0. The lowest BCUT2D eigenvalue weighted by Gasteiger charge is -2.03. The average molecular weight is 446 g/mol. The Morgan fingerprint density at radius 1 is 0.588 bits per heavy atom. The number of aromatic nitrogens is 2. The van der Waals surface area contributed by atoms with Gasteiger partial charge in [-0.1, -0.05) is 24.3 Å². The Morgan fingerprint density at radius 3 is 1.41 bits per heavy atom. The molecule has 4 aromatic carbocycles. The van der Waals surface area contributed by atoms with Gasteiger partial charge < -0.3 is 20.3 Å². The second-order valence-electron chi connectivity index (χ2n) is 7.98. The van der Waals surface area contributed by atoms with Gasteiger partial charge in [-0.05, 0) is 60.7 Å². The Morgan fingerprint density at radius 2 is 1.00 bits per heavy atom. The molecule has 0 saturated carbocycles. The van der Waals surface area contributed by atoms with Crippen LogP contribution in [0.3, 0.4) is 0 Å². The molecule has 6 aromatic rings.